The third-order valence-corrected chi connectivity index (χ3v) is 7.15. The summed E-state index contributed by atoms with van der Waals surface area (Å²) >= 11 is 5.88. The molecule has 0 aromatic heterocycles. The molecule has 0 radical (unpaired) electrons. The number of benzene rings is 2. The number of carbonyl (C=O) groups is 3. The molecule has 192 valence electrons. The molecule has 12 nitrogen and oxygen atoms in total. The van der Waals surface area contributed by atoms with E-state index in [1.165, 1.54) is 30.3 Å². The van der Waals surface area contributed by atoms with Gasteiger partial charge in [-0.3, -0.25) is 9.59 Å². The number of hydrogen-bond acceptors (Lipinski definition) is 9. The third-order valence-electron chi connectivity index (χ3n) is 5.62. The van der Waals surface area contributed by atoms with Gasteiger partial charge in [0.15, 0.2) is 34.0 Å². The number of amides is 2. The molecule has 1 fully saturated rings. The minimum Gasteiger partial charge on any atom is -0.504 e. The van der Waals surface area contributed by atoms with E-state index >= 15 is 0 Å². The highest BCUT2D eigenvalue weighted by Crippen LogP contribution is 2.35. The summed E-state index contributed by atoms with van der Waals surface area (Å²) in [5.41, 5.74) is 0.231. The van der Waals surface area contributed by atoms with Crippen molar-refractivity contribution in [1.82, 2.24) is 4.90 Å². The van der Waals surface area contributed by atoms with Crippen LogP contribution in [0.5, 0.6) is 17.2 Å². The highest BCUT2D eigenvalue weighted by atomic mass is 35.5. The van der Waals surface area contributed by atoms with Gasteiger partial charge in [-0.1, -0.05) is 16.8 Å². The molecule has 4 N–H and O–H groups in total. The number of rotatable bonds is 9. The van der Waals surface area contributed by atoms with Gasteiger partial charge in [0, 0.05) is 18.2 Å². The van der Waals surface area contributed by atoms with Gasteiger partial charge in [-0.15, -0.1) is 0 Å². The Morgan fingerprint density at radius 2 is 1.89 bits per heavy atom. The van der Waals surface area contributed by atoms with Gasteiger partial charge in [-0.25, -0.2) is 13.2 Å². The van der Waals surface area contributed by atoms with Gasteiger partial charge in [0.05, 0.1) is 16.8 Å². The number of thiol groups is 1. The summed E-state index contributed by atoms with van der Waals surface area (Å²) < 4.78 is 22.0. The summed E-state index contributed by atoms with van der Waals surface area (Å²) in [5.74, 6) is -3.61. The second kappa shape index (κ2) is 10.4. The van der Waals surface area contributed by atoms with Crippen molar-refractivity contribution >= 4 is 52.0 Å². The molecule has 1 aliphatic rings. The van der Waals surface area contributed by atoms with Crippen molar-refractivity contribution in [1.29, 1.82) is 0 Å². The normalized spacial score (nSPS) is 17.9. The maximum Gasteiger partial charge on any atom is 0.328 e. The summed E-state index contributed by atoms with van der Waals surface area (Å²) in [5, 5.41) is 34.6. The Kier molecular flexibility index (Phi) is 7.74. The lowest BCUT2D eigenvalue weighted by Crippen LogP contribution is -2.66. The minimum atomic E-state index is -3.38. The van der Waals surface area contributed by atoms with Gasteiger partial charge in [0.1, 0.15) is 4.75 Å². The minimum absolute atomic E-state index is 0.0779. The second-order valence-corrected chi connectivity index (χ2v) is 10.0. The highest BCUT2D eigenvalue weighted by Gasteiger charge is 2.52. The van der Waals surface area contributed by atoms with Crippen LogP contribution in [0.3, 0.4) is 0 Å². The number of β-lactam (4-membered cyclic amide) rings is 1. The molecule has 1 aliphatic heterocycles. The fraction of sp³-hybridized carbons (Fsp3) is 0.273. The number of hydrogen-bond donors (Lipinski definition) is 5. The van der Waals surface area contributed by atoms with Gasteiger partial charge in [0.2, 0.25) is 5.91 Å². The predicted molar refractivity (Wildman–Crippen MR) is 129 cm³/mol. The van der Waals surface area contributed by atoms with E-state index in [1.54, 1.807) is 6.92 Å². The molecule has 36 heavy (non-hydrogen) atoms. The predicted octanol–water partition coefficient (Wildman–Crippen LogP) is 1.81. The number of phenolic OH excluding ortho intramolecular Hbond substituents is 2. The van der Waals surface area contributed by atoms with Crippen LogP contribution in [-0.4, -0.2) is 69.5 Å². The molecule has 14 heteroatoms. The fourth-order valence-corrected chi connectivity index (χ4v) is 4.40. The van der Waals surface area contributed by atoms with Crippen LogP contribution < -0.4 is 10.2 Å². The van der Waals surface area contributed by atoms with Crippen LogP contribution in [0, 0.1) is 0 Å². The van der Waals surface area contributed by atoms with E-state index in [0.717, 1.165) is 24.1 Å². The molecule has 2 aromatic carbocycles. The van der Waals surface area contributed by atoms with Crippen LogP contribution in [0.1, 0.15) is 30.6 Å². The molecule has 3 rings (SSSR count). The number of halogens is 1. The molecule has 3 atom stereocenters. The largest absolute Gasteiger partial charge is 0.504 e. The molecule has 0 unspecified atom stereocenters. The number of likely N-dealkylation sites (tertiary alicyclic amines) is 1. The molecular formula is C22H22ClN3O9S. The third kappa shape index (κ3) is 5.21. The van der Waals surface area contributed by atoms with Crippen LogP contribution >= 0.6 is 11.6 Å². The number of aliphatic carboxylic acids is 1. The van der Waals surface area contributed by atoms with Crippen molar-refractivity contribution in [2.75, 3.05) is 5.32 Å². The van der Waals surface area contributed by atoms with Crippen LogP contribution in [0.4, 0.5) is 5.69 Å². The molecule has 0 bridgehead atoms. The number of carboxylic acids is 1. The number of carboxylic acid groups (broad SMARTS) is 1. The Labute approximate surface area is 211 Å². The Morgan fingerprint density at radius 3 is 2.42 bits per heavy atom. The quantitative estimate of drug-likeness (QED) is 0.104. The topological polar surface area (TPSA) is 183 Å². The van der Waals surface area contributed by atoms with Crippen molar-refractivity contribution in [2.45, 2.75) is 37.1 Å². The number of carbonyl (C=O) groups excluding carboxylic acids is 2. The molecule has 0 saturated carbocycles. The van der Waals surface area contributed by atoms with Crippen molar-refractivity contribution in [3.63, 3.8) is 0 Å². The molecule has 1 heterocycles. The van der Waals surface area contributed by atoms with E-state index in [2.05, 4.69) is 10.5 Å². The monoisotopic (exact) mass is 539 g/mol. The average Bonchev–Trinajstić information content (AvgIpc) is 2.81. The first kappa shape index (κ1) is 26.8. The van der Waals surface area contributed by atoms with E-state index in [-0.39, 0.29) is 22.8 Å². The number of oxime groups is 1. The standard InChI is InChI=1S/C22H22ClN3O9S/c1-11-9-16(28)26(11)19(21(31)32)22(2,36(33)34)10-24-35-13-5-3-12(4-6-13)25-20(30)14-7-8-15(27)18(29)17(14)23/h3-8,10-11,19,27,29,36H,9H2,1-2H3,(H,25,30)(H,31,32)/b24-10+/t11-,19+,22+/m1/s1. The van der Waals surface area contributed by atoms with Gasteiger partial charge in [0.25, 0.3) is 5.91 Å². The summed E-state index contributed by atoms with van der Waals surface area (Å²) in [4.78, 5) is 42.4. The van der Waals surface area contributed by atoms with E-state index in [0.29, 0.717) is 5.69 Å². The van der Waals surface area contributed by atoms with Gasteiger partial charge in [-0.2, -0.15) is 0 Å². The number of anilines is 1. The van der Waals surface area contributed by atoms with E-state index in [1.807, 2.05) is 0 Å². The van der Waals surface area contributed by atoms with Gasteiger partial charge < -0.3 is 30.4 Å². The fourth-order valence-electron chi connectivity index (χ4n) is 3.58. The van der Waals surface area contributed by atoms with E-state index in [4.69, 9.17) is 16.4 Å². The smallest absolute Gasteiger partial charge is 0.328 e. The van der Waals surface area contributed by atoms with E-state index < -0.39 is 56.8 Å². The summed E-state index contributed by atoms with van der Waals surface area (Å²) in [6, 6.07) is 5.88. The zero-order valence-corrected chi connectivity index (χ0v) is 20.6. The van der Waals surface area contributed by atoms with Crippen LogP contribution in [0.15, 0.2) is 41.6 Å². The Bertz CT molecular complexity index is 1300. The van der Waals surface area contributed by atoms with Crippen molar-refractivity contribution in [3.05, 3.63) is 47.0 Å². The zero-order valence-electron chi connectivity index (χ0n) is 18.9. The summed E-state index contributed by atoms with van der Waals surface area (Å²) in [6.07, 6.45) is 0.941. The molecular weight excluding hydrogens is 518 g/mol. The first-order valence-electron chi connectivity index (χ1n) is 10.4. The summed E-state index contributed by atoms with van der Waals surface area (Å²) in [6.45, 7) is 2.75. The lowest BCUT2D eigenvalue weighted by atomic mass is 9.92. The SMILES string of the molecule is C[C@@H]1CC(=O)N1[C@@H](C(=O)O)[C@](C)(/C=N/Oc1ccc(NC(=O)c2ccc(O)c(O)c2Cl)cc1)[SH](=O)=O. The van der Waals surface area contributed by atoms with Crippen LogP contribution in [0.25, 0.3) is 0 Å². The number of phenols is 2. The maximum atomic E-state index is 12.4. The molecule has 1 saturated heterocycles. The Morgan fingerprint density at radius 1 is 1.25 bits per heavy atom. The average molecular weight is 540 g/mol. The highest BCUT2D eigenvalue weighted by molar-refractivity contribution is 7.75. The second-order valence-electron chi connectivity index (χ2n) is 8.18. The zero-order chi connectivity index (χ0) is 26.8. The first-order valence-corrected chi connectivity index (χ1v) is 11.9. The van der Waals surface area contributed by atoms with Crippen molar-refractivity contribution in [2.24, 2.45) is 5.16 Å². The molecule has 2 aromatic rings. The molecule has 0 spiro atoms. The summed E-state index contributed by atoms with van der Waals surface area (Å²) in [7, 11) is -3.38. The Balaban J connectivity index is 1.72. The number of nitrogens with zero attached hydrogens (tertiary/aromatic N) is 2. The Hall–Kier alpha value is -3.84. The van der Waals surface area contributed by atoms with Crippen LogP contribution in [0.2, 0.25) is 5.02 Å². The maximum absolute atomic E-state index is 12.4. The van der Waals surface area contributed by atoms with Gasteiger partial charge in [-0.05, 0) is 50.2 Å². The number of nitrogens with one attached hydrogen (secondary N) is 1. The van der Waals surface area contributed by atoms with Crippen molar-refractivity contribution in [3.8, 4) is 17.2 Å². The van der Waals surface area contributed by atoms with Crippen LogP contribution in [-0.2, 0) is 20.3 Å². The first-order chi connectivity index (χ1) is 16.9. The molecule has 0 aliphatic carbocycles. The van der Waals surface area contributed by atoms with E-state index in [9.17, 15) is 38.1 Å². The van der Waals surface area contributed by atoms with Crippen molar-refractivity contribution < 1.29 is 43.0 Å². The number of aromatic hydroxyl groups is 2. The van der Waals surface area contributed by atoms with Gasteiger partial charge >= 0.3 is 5.97 Å². The lowest BCUT2D eigenvalue weighted by molar-refractivity contribution is -0.161. The molecule has 2 amide bonds. The lowest BCUT2D eigenvalue weighted by Gasteiger charge is -2.45.